The zero-order valence-corrected chi connectivity index (χ0v) is 12.4. The molecule has 0 saturated carbocycles. The Labute approximate surface area is 122 Å². The molecule has 1 atom stereocenters. The molecular weight excluding hydrogens is 280 g/mol. The lowest BCUT2D eigenvalue weighted by Gasteiger charge is -2.11. The third kappa shape index (κ3) is 4.86. The molecule has 0 aliphatic rings. The second-order valence-electron chi connectivity index (χ2n) is 4.52. The molecule has 0 fully saturated rings. The number of aliphatic hydroxyl groups is 1. The van der Waals surface area contributed by atoms with Crippen molar-refractivity contribution in [1.29, 1.82) is 0 Å². The molecule has 0 radical (unpaired) electrons. The standard InChI is InChI=1S/C15H17ClO2S/c1-11-3-2-4-13(9-11)18-8-7-12(17)10-14-5-6-15(16)19-14/h2-6,9,12,17H,7-8,10H2,1H3. The van der Waals surface area contributed by atoms with Gasteiger partial charge in [0.25, 0.3) is 0 Å². The minimum absolute atomic E-state index is 0.389. The van der Waals surface area contributed by atoms with Crippen molar-refractivity contribution in [2.75, 3.05) is 6.61 Å². The molecule has 1 aromatic heterocycles. The number of halogens is 1. The Morgan fingerprint density at radius 2 is 2.16 bits per heavy atom. The summed E-state index contributed by atoms with van der Waals surface area (Å²) in [5, 5.41) is 9.93. The monoisotopic (exact) mass is 296 g/mol. The van der Waals surface area contributed by atoms with Crippen LogP contribution in [0.3, 0.4) is 0 Å². The number of hydrogen-bond donors (Lipinski definition) is 1. The summed E-state index contributed by atoms with van der Waals surface area (Å²) in [6.45, 7) is 2.55. The van der Waals surface area contributed by atoms with Gasteiger partial charge >= 0.3 is 0 Å². The van der Waals surface area contributed by atoms with E-state index < -0.39 is 0 Å². The number of rotatable bonds is 6. The minimum atomic E-state index is -0.389. The first-order valence-corrected chi connectivity index (χ1v) is 7.44. The summed E-state index contributed by atoms with van der Waals surface area (Å²) in [6.07, 6.45) is 0.859. The van der Waals surface area contributed by atoms with Crippen molar-refractivity contribution in [2.24, 2.45) is 0 Å². The maximum atomic E-state index is 9.93. The molecule has 1 heterocycles. The van der Waals surface area contributed by atoms with Crippen LogP contribution in [0.15, 0.2) is 36.4 Å². The summed E-state index contributed by atoms with van der Waals surface area (Å²) in [6, 6.07) is 11.7. The topological polar surface area (TPSA) is 29.5 Å². The van der Waals surface area contributed by atoms with Crippen LogP contribution < -0.4 is 4.74 Å². The molecule has 0 spiro atoms. The Kier molecular flexibility index (Phi) is 5.25. The Morgan fingerprint density at radius 3 is 2.84 bits per heavy atom. The van der Waals surface area contributed by atoms with Gasteiger partial charge in [0.15, 0.2) is 0 Å². The van der Waals surface area contributed by atoms with E-state index in [1.807, 2.05) is 43.3 Å². The number of hydrogen-bond acceptors (Lipinski definition) is 3. The van der Waals surface area contributed by atoms with Gasteiger partial charge in [0, 0.05) is 17.7 Å². The zero-order valence-electron chi connectivity index (χ0n) is 10.8. The Morgan fingerprint density at radius 1 is 1.32 bits per heavy atom. The molecule has 1 N–H and O–H groups in total. The van der Waals surface area contributed by atoms with Gasteiger partial charge in [-0.2, -0.15) is 0 Å². The van der Waals surface area contributed by atoms with E-state index in [1.165, 1.54) is 16.9 Å². The van der Waals surface area contributed by atoms with Gasteiger partial charge < -0.3 is 9.84 Å². The Hall–Kier alpha value is -1.03. The maximum Gasteiger partial charge on any atom is 0.119 e. The summed E-state index contributed by atoms with van der Waals surface area (Å²) in [5.41, 5.74) is 1.17. The van der Waals surface area contributed by atoms with Crippen molar-refractivity contribution in [3.05, 3.63) is 51.2 Å². The number of thiophene rings is 1. The molecule has 1 unspecified atom stereocenters. The van der Waals surface area contributed by atoms with Gasteiger partial charge in [-0.15, -0.1) is 11.3 Å². The van der Waals surface area contributed by atoms with Gasteiger partial charge in [-0.3, -0.25) is 0 Å². The molecule has 2 rings (SSSR count). The average molecular weight is 297 g/mol. The highest BCUT2D eigenvalue weighted by atomic mass is 35.5. The van der Waals surface area contributed by atoms with Crippen LogP contribution in [0.5, 0.6) is 5.75 Å². The lowest BCUT2D eigenvalue weighted by Crippen LogP contribution is -2.14. The molecule has 0 aliphatic carbocycles. The van der Waals surface area contributed by atoms with E-state index in [1.54, 1.807) is 0 Å². The lowest BCUT2D eigenvalue weighted by molar-refractivity contribution is 0.140. The summed E-state index contributed by atoms with van der Waals surface area (Å²) < 4.78 is 6.38. The summed E-state index contributed by atoms with van der Waals surface area (Å²) in [5.74, 6) is 0.853. The third-order valence-corrected chi connectivity index (χ3v) is 4.03. The first kappa shape index (κ1) is 14.4. The van der Waals surface area contributed by atoms with E-state index in [0.717, 1.165) is 15.0 Å². The van der Waals surface area contributed by atoms with E-state index in [0.29, 0.717) is 19.4 Å². The number of aliphatic hydroxyl groups excluding tert-OH is 1. The Bertz CT molecular complexity index is 524. The van der Waals surface area contributed by atoms with Crippen LogP contribution in [0, 0.1) is 6.92 Å². The van der Waals surface area contributed by atoms with Gasteiger partial charge in [0.1, 0.15) is 5.75 Å². The van der Waals surface area contributed by atoms with Crippen LogP contribution in [0.4, 0.5) is 0 Å². The molecule has 0 bridgehead atoms. The fraction of sp³-hybridized carbons (Fsp3) is 0.333. The van der Waals surface area contributed by atoms with Crippen molar-refractivity contribution < 1.29 is 9.84 Å². The third-order valence-electron chi connectivity index (χ3n) is 2.78. The van der Waals surface area contributed by atoms with E-state index >= 15 is 0 Å². The van der Waals surface area contributed by atoms with Gasteiger partial charge in [0.2, 0.25) is 0 Å². The van der Waals surface area contributed by atoms with E-state index in [-0.39, 0.29) is 6.10 Å². The predicted molar refractivity (Wildman–Crippen MR) is 80.3 cm³/mol. The molecule has 19 heavy (non-hydrogen) atoms. The SMILES string of the molecule is Cc1cccc(OCCC(O)Cc2ccc(Cl)s2)c1. The van der Waals surface area contributed by atoms with E-state index in [2.05, 4.69) is 0 Å². The van der Waals surface area contributed by atoms with Crippen LogP contribution in [-0.2, 0) is 6.42 Å². The smallest absolute Gasteiger partial charge is 0.119 e. The first-order chi connectivity index (χ1) is 9.13. The fourth-order valence-electron chi connectivity index (χ4n) is 1.81. The number of benzene rings is 1. The molecule has 0 saturated heterocycles. The molecule has 2 aromatic rings. The van der Waals surface area contributed by atoms with E-state index in [9.17, 15) is 5.11 Å². The summed E-state index contributed by atoms with van der Waals surface area (Å²) >= 11 is 7.37. The van der Waals surface area contributed by atoms with Gasteiger partial charge in [0.05, 0.1) is 17.0 Å². The molecule has 0 aliphatic heterocycles. The lowest BCUT2D eigenvalue weighted by atomic mass is 10.2. The highest BCUT2D eigenvalue weighted by Gasteiger charge is 2.08. The molecular formula is C15H17ClO2S. The van der Waals surface area contributed by atoms with Gasteiger partial charge in [-0.25, -0.2) is 0 Å². The normalized spacial score (nSPS) is 12.4. The molecule has 2 nitrogen and oxygen atoms in total. The number of ether oxygens (including phenoxy) is 1. The highest BCUT2D eigenvalue weighted by Crippen LogP contribution is 2.23. The van der Waals surface area contributed by atoms with Gasteiger partial charge in [-0.1, -0.05) is 23.7 Å². The summed E-state index contributed by atoms with van der Waals surface area (Å²) in [7, 11) is 0. The zero-order chi connectivity index (χ0) is 13.7. The van der Waals surface area contributed by atoms with Crippen LogP contribution in [0.25, 0.3) is 0 Å². The van der Waals surface area contributed by atoms with Crippen LogP contribution in [-0.4, -0.2) is 17.8 Å². The summed E-state index contributed by atoms with van der Waals surface area (Å²) in [4.78, 5) is 1.10. The van der Waals surface area contributed by atoms with Crippen LogP contribution in [0.1, 0.15) is 16.9 Å². The number of aryl methyl sites for hydroxylation is 1. The molecule has 4 heteroatoms. The van der Waals surface area contributed by atoms with Gasteiger partial charge in [-0.05, 0) is 36.8 Å². The molecule has 102 valence electrons. The van der Waals surface area contributed by atoms with Crippen molar-refractivity contribution in [3.63, 3.8) is 0 Å². The largest absolute Gasteiger partial charge is 0.493 e. The predicted octanol–water partition coefficient (Wildman–Crippen LogP) is 4.08. The second kappa shape index (κ2) is 6.94. The van der Waals surface area contributed by atoms with E-state index in [4.69, 9.17) is 16.3 Å². The van der Waals surface area contributed by atoms with Crippen molar-refractivity contribution in [1.82, 2.24) is 0 Å². The van der Waals surface area contributed by atoms with Crippen molar-refractivity contribution >= 4 is 22.9 Å². The quantitative estimate of drug-likeness (QED) is 0.870. The Balaban J connectivity index is 1.73. The average Bonchev–Trinajstić information content (AvgIpc) is 2.75. The fourth-order valence-corrected chi connectivity index (χ4v) is 2.97. The van der Waals surface area contributed by atoms with Crippen molar-refractivity contribution in [3.8, 4) is 5.75 Å². The maximum absolute atomic E-state index is 9.93. The van der Waals surface area contributed by atoms with Crippen molar-refractivity contribution in [2.45, 2.75) is 25.9 Å². The molecule has 1 aromatic carbocycles. The van der Waals surface area contributed by atoms with Crippen LogP contribution in [0.2, 0.25) is 4.34 Å². The van der Waals surface area contributed by atoms with Crippen LogP contribution >= 0.6 is 22.9 Å². The highest BCUT2D eigenvalue weighted by molar-refractivity contribution is 7.16. The molecule has 0 amide bonds. The second-order valence-corrected chi connectivity index (χ2v) is 6.32. The minimum Gasteiger partial charge on any atom is -0.493 e. The first-order valence-electron chi connectivity index (χ1n) is 6.25.